The number of ether oxygens (including phenoxy) is 1. The second kappa shape index (κ2) is 10.1. The number of amides is 1. The standard InChI is InChI=1S/C23H34N2O3/c1-24(16-18-6-4-3-5-7-18)22(26)17-25-14-12-20(13-15-25)23(27)19-8-10-21(28-2)11-9-19/h8-11,18,20H,3-7,12-17H2,1-2H3. The highest BCUT2D eigenvalue weighted by atomic mass is 16.5. The number of methoxy groups -OCH3 is 1. The summed E-state index contributed by atoms with van der Waals surface area (Å²) in [7, 11) is 3.57. The van der Waals surface area contributed by atoms with Crippen LogP contribution in [0.25, 0.3) is 0 Å². The molecule has 28 heavy (non-hydrogen) atoms. The second-order valence-corrected chi connectivity index (χ2v) is 8.42. The highest BCUT2D eigenvalue weighted by Crippen LogP contribution is 2.25. The lowest BCUT2D eigenvalue weighted by molar-refractivity contribution is -0.132. The summed E-state index contributed by atoms with van der Waals surface area (Å²) in [5.74, 6) is 1.92. The molecule has 0 atom stereocenters. The average molecular weight is 387 g/mol. The fourth-order valence-corrected chi connectivity index (χ4v) is 4.52. The number of piperidine rings is 1. The third-order valence-corrected chi connectivity index (χ3v) is 6.37. The Morgan fingerprint density at radius 1 is 1.04 bits per heavy atom. The minimum absolute atomic E-state index is 0.0553. The van der Waals surface area contributed by atoms with Gasteiger partial charge in [-0.05, 0) is 69.0 Å². The monoisotopic (exact) mass is 386 g/mol. The molecule has 0 spiro atoms. The number of likely N-dealkylation sites (N-methyl/N-ethyl adjacent to an activating group) is 1. The number of carbonyl (C=O) groups is 2. The molecule has 154 valence electrons. The number of benzene rings is 1. The molecule has 1 aliphatic carbocycles. The van der Waals surface area contributed by atoms with E-state index in [0.29, 0.717) is 12.5 Å². The Labute approximate surface area is 169 Å². The van der Waals surface area contributed by atoms with E-state index >= 15 is 0 Å². The summed E-state index contributed by atoms with van der Waals surface area (Å²) in [6.07, 6.45) is 8.13. The molecule has 1 saturated carbocycles. The summed E-state index contributed by atoms with van der Waals surface area (Å²) >= 11 is 0. The van der Waals surface area contributed by atoms with Gasteiger partial charge in [-0.15, -0.1) is 0 Å². The first-order valence-electron chi connectivity index (χ1n) is 10.7. The average Bonchev–Trinajstić information content (AvgIpc) is 2.74. The van der Waals surface area contributed by atoms with Crippen LogP contribution in [0.2, 0.25) is 0 Å². The number of hydrogen-bond donors (Lipinski definition) is 0. The summed E-state index contributed by atoms with van der Waals surface area (Å²) in [5, 5.41) is 0. The summed E-state index contributed by atoms with van der Waals surface area (Å²) in [5.41, 5.74) is 0.752. The van der Waals surface area contributed by atoms with E-state index in [1.807, 2.05) is 36.2 Å². The van der Waals surface area contributed by atoms with Crippen molar-refractivity contribution in [2.75, 3.05) is 40.3 Å². The van der Waals surface area contributed by atoms with E-state index in [1.165, 1.54) is 32.1 Å². The van der Waals surface area contributed by atoms with Gasteiger partial charge in [0.1, 0.15) is 5.75 Å². The van der Waals surface area contributed by atoms with Crippen molar-refractivity contribution in [3.63, 3.8) is 0 Å². The van der Waals surface area contributed by atoms with Gasteiger partial charge in [0.15, 0.2) is 5.78 Å². The molecule has 3 rings (SSSR count). The quantitative estimate of drug-likeness (QED) is 0.672. The molecule has 1 heterocycles. The summed E-state index contributed by atoms with van der Waals surface area (Å²) in [4.78, 5) is 29.4. The molecule has 5 nitrogen and oxygen atoms in total. The van der Waals surface area contributed by atoms with Crippen LogP contribution in [0, 0.1) is 11.8 Å². The maximum absolute atomic E-state index is 12.7. The van der Waals surface area contributed by atoms with Crippen molar-refractivity contribution in [2.24, 2.45) is 11.8 Å². The van der Waals surface area contributed by atoms with E-state index < -0.39 is 0 Å². The predicted octanol–water partition coefficient (Wildman–Crippen LogP) is 3.63. The highest BCUT2D eigenvalue weighted by Gasteiger charge is 2.27. The van der Waals surface area contributed by atoms with Crippen molar-refractivity contribution >= 4 is 11.7 Å². The second-order valence-electron chi connectivity index (χ2n) is 8.42. The lowest BCUT2D eigenvalue weighted by Gasteiger charge is -2.33. The Bertz CT molecular complexity index is 644. The van der Waals surface area contributed by atoms with Crippen LogP contribution in [0.3, 0.4) is 0 Å². The van der Waals surface area contributed by atoms with E-state index in [1.54, 1.807) is 7.11 Å². The highest BCUT2D eigenvalue weighted by molar-refractivity contribution is 5.98. The third-order valence-electron chi connectivity index (χ3n) is 6.37. The molecule has 1 aromatic carbocycles. The van der Waals surface area contributed by atoms with Crippen LogP contribution in [-0.2, 0) is 4.79 Å². The maximum atomic E-state index is 12.7. The molecule has 2 aliphatic rings. The Hall–Kier alpha value is -1.88. The minimum Gasteiger partial charge on any atom is -0.497 e. The fourth-order valence-electron chi connectivity index (χ4n) is 4.52. The van der Waals surface area contributed by atoms with Gasteiger partial charge in [0, 0.05) is 25.1 Å². The zero-order valence-corrected chi connectivity index (χ0v) is 17.4. The van der Waals surface area contributed by atoms with Crippen LogP contribution in [-0.4, -0.2) is 61.8 Å². The van der Waals surface area contributed by atoms with Gasteiger partial charge in [-0.25, -0.2) is 0 Å². The molecule has 1 saturated heterocycles. The summed E-state index contributed by atoms with van der Waals surface area (Å²) in [6.45, 7) is 3.00. The van der Waals surface area contributed by atoms with Gasteiger partial charge in [0.05, 0.1) is 13.7 Å². The van der Waals surface area contributed by atoms with E-state index in [0.717, 1.165) is 43.8 Å². The van der Waals surface area contributed by atoms with Crippen LogP contribution in [0.1, 0.15) is 55.3 Å². The van der Waals surface area contributed by atoms with E-state index in [4.69, 9.17) is 4.74 Å². The lowest BCUT2D eigenvalue weighted by Crippen LogP contribution is -2.44. The Morgan fingerprint density at radius 3 is 2.29 bits per heavy atom. The molecule has 2 fully saturated rings. The van der Waals surface area contributed by atoms with Crippen LogP contribution < -0.4 is 4.74 Å². The predicted molar refractivity (Wildman–Crippen MR) is 111 cm³/mol. The Morgan fingerprint density at radius 2 is 1.68 bits per heavy atom. The van der Waals surface area contributed by atoms with Crippen molar-refractivity contribution in [1.82, 2.24) is 9.80 Å². The SMILES string of the molecule is COc1ccc(C(=O)C2CCN(CC(=O)N(C)CC3CCCCC3)CC2)cc1. The zero-order chi connectivity index (χ0) is 19.9. The van der Waals surface area contributed by atoms with Crippen LogP contribution in [0.4, 0.5) is 0 Å². The molecular formula is C23H34N2O3. The first-order chi connectivity index (χ1) is 13.6. The van der Waals surface area contributed by atoms with Gasteiger partial charge in [-0.2, -0.15) is 0 Å². The minimum atomic E-state index is 0.0553. The van der Waals surface area contributed by atoms with Gasteiger partial charge in [-0.1, -0.05) is 19.3 Å². The van der Waals surface area contributed by atoms with E-state index in [9.17, 15) is 9.59 Å². The van der Waals surface area contributed by atoms with Gasteiger partial charge in [-0.3, -0.25) is 14.5 Å². The van der Waals surface area contributed by atoms with Crippen molar-refractivity contribution in [3.05, 3.63) is 29.8 Å². The molecule has 1 aromatic rings. The number of hydrogen-bond acceptors (Lipinski definition) is 4. The van der Waals surface area contributed by atoms with Crippen LogP contribution in [0.15, 0.2) is 24.3 Å². The van der Waals surface area contributed by atoms with Gasteiger partial charge in [0.2, 0.25) is 5.91 Å². The molecule has 1 aliphatic heterocycles. The number of carbonyl (C=O) groups excluding carboxylic acids is 2. The van der Waals surface area contributed by atoms with Crippen molar-refractivity contribution < 1.29 is 14.3 Å². The smallest absolute Gasteiger partial charge is 0.236 e. The molecule has 0 N–H and O–H groups in total. The number of rotatable bonds is 7. The number of likely N-dealkylation sites (tertiary alicyclic amines) is 1. The van der Waals surface area contributed by atoms with E-state index in [-0.39, 0.29) is 17.6 Å². The molecular weight excluding hydrogens is 352 g/mol. The zero-order valence-electron chi connectivity index (χ0n) is 17.4. The first-order valence-corrected chi connectivity index (χ1v) is 10.7. The molecule has 1 amide bonds. The summed E-state index contributed by atoms with van der Waals surface area (Å²) in [6, 6.07) is 7.36. The Kier molecular flexibility index (Phi) is 7.49. The van der Waals surface area contributed by atoms with Crippen LogP contribution in [0.5, 0.6) is 5.75 Å². The largest absolute Gasteiger partial charge is 0.497 e. The Balaban J connectivity index is 1.42. The van der Waals surface area contributed by atoms with Crippen molar-refractivity contribution in [2.45, 2.75) is 44.9 Å². The van der Waals surface area contributed by atoms with Crippen molar-refractivity contribution in [3.8, 4) is 5.75 Å². The van der Waals surface area contributed by atoms with Crippen molar-refractivity contribution in [1.29, 1.82) is 0 Å². The fraction of sp³-hybridized carbons (Fsp3) is 0.652. The molecule has 0 aromatic heterocycles. The molecule has 5 heteroatoms. The maximum Gasteiger partial charge on any atom is 0.236 e. The molecule has 0 bridgehead atoms. The number of ketones is 1. The first kappa shape index (κ1) is 20.8. The van der Waals surface area contributed by atoms with Gasteiger partial charge >= 0.3 is 0 Å². The normalized spacial score (nSPS) is 19.4. The molecule has 0 unspecified atom stereocenters. The summed E-state index contributed by atoms with van der Waals surface area (Å²) < 4.78 is 5.16. The van der Waals surface area contributed by atoms with E-state index in [2.05, 4.69) is 4.90 Å². The molecule has 0 radical (unpaired) electrons. The van der Waals surface area contributed by atoms with Gasteiger partial charge < -0.3 is 9.64 Å². The lowest BCUT2D eigenvalue weighted by atomic mass is 9.88. The third kappa shape index (κ3) is 5.57. The van der Waals surface area contributed by atoms with Gasteiger partial charge in [0.25, 0.3) is 0 Å². The topological polar surface area (TPSA) is 49.9 Å². The number of Topliss-reactive ketones (excluding diaryl/α,β-unsaturated/α-hetero) is 1. The van der Waals surface area contributed by atoms with Crippen LogP contribution >= 0.6 is 0 Å². The number of nitrogens with zero attached hydrogens (tertiary/aromatic N) is 2.